The number of H-pyrrole nitrogens is 1. The molecule has 1 aliphatic rings. The maximum atomic E-state index is 11.4. The number of allylic oxidation sites excluding steroid dienone is 1. The van der Waals surface area contributed by atoms with Gasteiger partial charge >= 0.3 is 0 Å². The molecule has 2 rings (SSSR count). The normalized spacial score (nSPS) is 14.4. The van der Waals surface area contributed by atoms with E-state index in [2.05, 4.69) is 4.98 Å². The average Bonchev–Trinajstić information content (AvgIpc) is 2.18. The summed E-state index contributed by atoms with van der Waals surface area (Å²) in [5, 5.41) is 0. The van der Waals surface area contributed by atoms with Gasteiger partial charge in [0, 0.05) is 6.20 Å². The number of aromatic amines is 1. The van der Waals surface area contributed by atoms with Gasteiger partial charge in [-0.25, -0.2) is 0 Å². The molecule has 13 heavy (non-hydrogen) atoms. The van der Waals surface area contributed by atoms with E-state index in [9.17, 15) is 4.79 Å². The van der Waals surface area contributed by atoms with Gasteiger partial charge < -0.3 is 9.72 Å². The first-order chi connectivity index (χ1) is 6.33. The maximum Gasteiger partial charge on any atom is 0.255 e. The Morgan fingerprint density at radius 2 is 2.46 bits per heavy atom. The second-order valence-electron chi connectivity index (χ2n) is 3.01. The van der Waals surface area contributed by atoms with Crippen LogP contribution < -0.4 is 5.56 Å². The molecule has 1 aliphatic heterocycles. The van der Waals surface area contributed by atoms with E-state index in [4.69, 9.17) is 4.74 Å². The molecule has 0 amide bonds. The van der Waals surface area contributed by atoms with Crippen molar-refractivity contribution in [2.75, 3.05) is 0 Å². The number of hydrogen-bond acceptors (Lipinski definition) is 2. The third kappa shape index (κ3) is 1.26. The highest BCUT2D eigenvalue weighted by Crippen LogP contribution is 2.24. The van der Waals surface area contributed by atoms with Gasteiger partial charge in [0.1, 0.15) is 6.61 Å². The van der Waals surface area contributed by atoms with E-state index in [1.54, 1.807) is 12.5 Å². The first-order valence-corrected chi connectivity index (χ1v) is 4.34. The fourth-order valence-corrected chi connectivity index (χ4v) is 1.52. The van der Waals surface area contributed by atoms with Gasteiger partial charge in [-0.3, -0.25) is 4.79 Å². The number of rotatable bonds is 1. The lowest BCUT2D eigenvalue weighted by molar-refractivity contribution is 0.230. The van der Waals surface area contributed by atoms with Crippen LogP contribution in [-0.2, 0) is 11.3 Å². The lowest BCUT2D eigenvalue weighted by Gasteiger charge is -2.15. The Balaban J connectivity index is 2.62. The highest BCUT2D eigenvalue weighted by Gasteiger charge is 2.14. The summed E-state index contributed by atoms with van der Waals surface area (Å²) in [5.74, 6) is 0. The van der Waals surface area contributed by atoms with Crippen molar-refractivity contribution < 1.29 is 4.74 Å². The zero-order chi connectivity index (χ0) is 9.26. The highest BCUT2D eigenvalue weighted by molar-refractivity contribution is 5.67. The Hall–Kier alpha value is -1.51. The van der Waals surface area contributed by atoms with Gasteiger partial charge in [-0.1, -0.05) is 6.92 Å². The summed E-state index contributed by atoms with van der Waals surface area (Å²) in [6.07, 6.45) is 4.30. The largest absolute Gasteiger partial charge is 0.496 e. The third-order valence-electron chi connectivity index (χ3n) is 2.24. The van der Waals surface area contributed by atoms with Gasteiger partial charge in [-0.2, -0.15) is 0 Å². The molecule has 1 N–H and O–H groups in total. The Labute approximate surface area is 76.1 Å². The average molecular weight is 177 g/mol. The Bertz CT molecular complexity index is 404. The molecule has 2 heterocycles. The molecule has 0 aromatic carbocycles. The molecular weight excluding hydrogens is 166 g/mol. The van der Waals surface area contributed by atoms with Crippen molar-refractivity contribution >= 4 is 5.57 Å². The van der Waals surface area contributed by atoms with E-state index in [1.165, 1.54) is 0 Å². The molecule has 3 heteroatoms. The molecule has 0 radical (unpaired) electrons. The summed E-state index contributed by atoms with van der Waals surface area (Å²) in [4.78, 5) is 14.0. The minimum absolute atomic E-state index is 0.0449. The van der Waals surface area contributed by atoms with E-state index in [0.29, 0.717) is 6.61 Å². The van der Waals surface area contributed by atoms with Crippen LogP contribution in [0.4, 0.5) is 0 Å². The van der Waals surface area contributed by atoms with Crippen molar-refractivity contribution in [2.45, 2.75) is 20.0 Å². The lowest BCUT2D eigenvalue weighted by Crippen LogP contribution is -2.17. The number of hydrogen-bond donors (Lipinski definition) is 1. The molecule has 0 bridgehead atoms. The number of ether oxygens (including phenoxy) is 1. The molecule has 0 aliphatic carbocycles. The smallest absolute Gasteiger partial charge is 0.255 e. The zero-order valence-electron chi connectivity index (χ0n) is 7.46. The summed E-state index contributed by atoms with van der Waals surface area (Å²) in [6, 6.07) is 1.93. The van der Waals surface area contributed by atoms with Crippen LogP contribution in [0.2, 0.25) is 0 Å². The quantitative estimate of drug-likeness (QED) is 0.708. The van der Waals surface area contributed by atoms with Gasteiger partial charge in [0.15, 0.2) is 0 Å². The van der Waals surface area contributed by atoms with E-state index in [0.717, 1.165) is 23.1 Å². The number of aromatic nitrogens is 1. The third-order valence-corrected chi connectivity index (χ3v) is 2.24. The fraction of sp³-hybridized carbons (Fsp3) is 0.300. The molecule has 0 fully saturated rings. The molecule has 0 saturated heterocycles. The van der Waals surface area contributed by atoms with E-state index in [-0.39, 0.29) is 5.56 Å². The zero-order valence-corrected chi connectivity index (χ0v) is 7.46. The summed E-state index contributed by atoms with van der Waals surface area (Å²) in [6.45, 7) is 2.43. The maximum absolute atomic E-state index is 11.4. The standard InChI is InChI=1S/C10H11NO2/c1-2-7-5-13-6-9-8(7)3-4-11-10(9)12/h3-5H,2,6H2,1H3,(H,11,12). The number of fused-ring (bicyclic) bond motifs is 1. The van der Waals surface area contributed by atoms with Crippen LogP contribution in [0, 0.1) is 0 Å². The topological polar surface area (TPSA) is 42.1 Å². The van der Waals surface area contributed by atoms with Crippen LogP contribution in [-0.4, -0.2) is 4.98 Å². The van der Waals surface area contributed by atoms with Gasteiger partial charge in [-0.15, -0.1) is 0 Å². The molecule has 0 saturated carbocycles. The molecule has 0 atom stereocenters. The Morgan fingerprint density at radius 1 is 1.62 bits per heavy atom. The molecular formula is C10H11NO2. The predicted octanol–water partition coefficient (Wildman–Crippen LogP) is 1.66. The van der Waals surface area contributed by atoms with Crippen LogP contribution >= 0.6 is 0 Å². The SMILES string of the molecule is CCC1=COCc2c1cc[nH]c2=O. The van der Waals surface area contributed by atoms with Crippen molar-refractivity contribution in [3.63, 3.8) is 0 Å². The van der Waals surface area contributed by atoms with Gasteiger partial charge in [0.05, 0.1) is 11.8 Å². The Kier molecular flexibility index (Phi) is 1.93. The molecule has 0 spiro atoms. The van der Waals surface area contributed by atoms with Gasteiger partial charge in [0.2, 0.25) is 0 Å². The summed E-state index contributed by atoms with van der Waals surface area (Å²) >= 11 is 0. The number of nitrogens with one attached hydrogen (secondary N) is 1. The van der Waals surface area contributed by atoms with Crippen molar-refractivity contribution in [1.29, 1.82) is 0 Å². The van der Waals surface area contributed by atoms with Gasteiger partial charge in [0.25, 0.3) is 5.56 Å². The minimum Gasteiger partial charge on any atom is -0.496 e. The fourth-order valence-electron chi connectivity index (χ4n) is 1.52. The van der Waals surface area contributed by atoms with Crippen molar-refractivity contribution in [1.82, 2.24) is 4.98 Å². The van der Waals surface area contributed by atoms with E-state index >= 15 is 0 Å². The predicted molar refractivity (Wildman–Crippen MR) is 50.1 cm³/mol. The van der Waals surface area contributed by atoms with Crippen LogP contribution in [0.5, 0.6) is 0 Å². The summed E-state index contributed by atoms with van der Waals surface area (Å²) in [7, 11) is 0. The van der Waals surface area contributed by atoms with Crippen molar-refractivity contribution in [3.05, 3.63) is 40.0 Å². The summed E-state index contributed by atoms with van der Waals surface area (Å²) in [5.41, 5.74) is 2.81. The van der Waals surface area contributed by atoms with Gasteiger partial charge in [-0.05, 0) is 23.6 Å². The molecule has 0 unspecified atom stereocenters. The second kappa shape index (κ2) is 3.09. The highest BCUT2D eigenvalue weighted by atomic mass is 16.5. The van der Waals surface area contributed by atoms with Crippen LogP contribution in [0.15, 0.2) is 23.3 Å². The Morgan fingerprint density at radius 3 is 3.23 bits per heavy atom. The lowest BCUT2D eigenvalue weighted by atomic mass is 10.00. The first kappa shape index (κ1) is 8.10. The minimum atomic E-state index is -0.0449. The van der Waals surface area contributed by atoms with Crippen molar-refractivity contribution in [3.8, 4) is 0 Å². The van der Waals surface area contributed by atoms with Crippen LogP contribution in [0.1, 0.15) is 24.5 Å². The first-order valence-electron chi connectivity index (χ1n) is 4.34. The second-order valence-corrected chi connectivity index (χ2v) is 3.01. The van der Waals surface area contributed by atoms with E-state index in [1.807, 2.05) is 13.0 Å². The molecule has 1 aromatic rings. The van der Waals surface area contributed by atoms with E-state index < -0.39 is 0 Å². The molecule has 68 valence electrons. The van der Waals surface area contributed by atoms with Crippen molar-refractivity contribution in [2.24, 2.45) is 0 Å². The number of pyridine rings is 1. The molecule has 1 aromatic heterocycles. The van der Waals surface area contributed by atoms with Crippen LogP contribution in [0.25, 0.3) is 5.57 Å². The monoisotopic (exact) mass is 177 g/mol. The summed E-state index contributed by atoms with van der Waals surface area (Å²) < 4.78 is 5.20. The van der Waals surface area contributed by atoms with Crippen LogP contribution in [0.3, 0.4) is 0 Å². The molecule has 3 nitrogen and oxygen atoms in total.